The number of hydrogen-bond acceptors (Lipinski definition) is 2. The van der Waals surface area contributed by atoms with E-state index >= 15 is 0 Å². The summed E-state index contributed by atoms with van der Waals surface area (Å²) in [6.45, 7) is 3.53. The van der Waals surface area contributed by atoms with E-state index in [1.165, 1.54) is 23.1 Å². The molecule has 1 saturated heterocycles. The number of hydrogen-bond donors (Lipinski definition) is 1. The van der Waals surface area contributed by atoms with Crippen LogP contribution in [0.2, 0.25) is 0 Å². The van der Waals surface area contributed by atoms with Crippen molar-refractivity contribution in [1.29, 1.82) is 0 Å². The van der Waals surface area contributed by atoms with Gasteiger partial charge in [-0.25, -0.2) is 8.78 Å². The van der Waals surface area contributed by atoms with Gasteiger partial charge in [0.1, 0.15) is 17.6 Å². The van der Waals surface area contributed by atoms with Gasteiger partial charge in [0.15, 0.2) is 0 Å². The molecule has 2 aromatic rings. The Kier molecular flexibility index (Phi) is 4.76. The van der Waals surface area contributed by atoms with Crippen molar-refractivity contribution in [3.05, 3.63) is 64.7 Å². The van der Waals surface area contributed by atoms with Gasteiger partial charge in [0.05, 0.1) is 0 Å². The van der Waals surface area contributed by atoms with Crippen molar-refractivity contribution < 1.29 is 18.4 Å². The highest BCUT2D eigenvalue weighted by atomic mass is 19.1. The maximum absolute atomic E-state index is 14.0. The number of amides is 2. The van der Waals surface area contributed by atoms with Crippen LogP contribution in [-0.4, -0.2) is 30.3 Å². The van der Waals surface area contributed by atoms with Gasteiger partial charge in [0.2, 0.25) is 11.8 Å². The Balaban J connectivity index is 1.91. The molecule has 2 aromatic carbocycles. The third kappa shape index (κ3) is 3.19. The van der Waals surface area contributed by atoms with Gasteiger partial charge >= 0.3 is 0 Å². The summed E-state index contributed by atoms with van der Waals surface area (Å²) in [5, 5.41) is 2.65. The molecule has 2 amide bonds. The molecule has 1 aliphatic rings. The van der Waals surface area contributed by atoms with E-state index in [9.17, 15) is 18.4 Å². The molecule has 6 heteroatoms. The fourth-order valence-corrected chi connectivity index (χ4v) is 3.29. The molecule has 1 aliphatic heterocycles. The molecule has 1 N–H and O–H groups in total. The van der Waals surface area contributed by atoms with E-state index < -0.39 is 23.6 Å². The Labute approximate surface area is 150 Å². The first-order valence-electron chi connectivity index (χ1n) is 8.36. The molecule has 2 atom stereocenters. The average Bonchev–Trinajstić information content (AvgIpc) is 2.89. The van der Waals surface area contributed by atoms with E-state index in [-0.39, 0.29) is 11.7 Å². The minimum absolute atomic E-state index is 0.303. The highest BCUT2D eigenvalue weighted by Gasteiger charge is 2.44. The summed E-state index contributed by atoms with van der Waals surface area (Å²) in [5.74, 6) is -3.10. The van der Waals surface area contributed by atoms with Gasteiger partial charge in [0, 0.05) is 30.8 Å². The van der Waals surface area contributed by atoms with Crippen LogP contribution in [0.4, 0.5) is 14.5 Å². The monoisotopic (exact) mass is 358 g/mol. The van der Waals surface area contributed by atoms with E-state index in [1.54, 1.807) is 39.1 Å². The maximum Gasteiger partial charge on any atom is 0.237 e. The standard InChI is InChI=1S/C20H20F2N2O2/c1-11-7-8-13(9-16(11)22)14-10-24(3)20(26)18(14)19(25)23-17-6-4-5-15(21)12(17)2/h4-9,14,18H,10H2,1-3H3,(H,23,25)/t14-,18+/m1/s1. The Hall–Kier alpha value is -2.76. The quantitative estimate of drug-likeness (QED) is 0.855. The lowest BCUT2D eigenvalue weighted by atomic mass is 9.87. The molecule has 0 aromatic heterocycles. The summed E-state index contributed by atoms with van der Waals surface area (Å²) in [6, 6.07) is 9.13. The molecule has 1 heterocycles. The first kappa shape index (κ1) is 18.0. The molecule has 0 unspecified atom stereocenters. The van der Waals surface area contributed by atoms with E-state index in [0.29, 0.717) is 28.9 Å². The van der Waals surface area contributed by atoms with Crippen molar-refractivity contribution >= 4 is 17.5 Å². The topological polar surface area (TPSA) is 49.4 Å². The van der Waals surface area contributed by atoms with Crippen molar-refractivity contribution in [3.63, 3.8) is 0 Å². The Morgan fingerprint density at radius 3 is 2.58 bits per heavy atom. The SMILES string of the molecule is Cc1ccc([C@H]2CN(C)C(=O)[C@@H]2C(=O)Nc2cccc(F)c2C)cc1F. The summed E-state index contributed by atoms with van der Waals surface area (Å²) in [7, 11) is 1.61. The van der Waals surface area contributed by atoms with Gasteiger partial charge < -0.3 is 10.2 Å². The fraction of sp³-hybridized carbons (Fsp3) is 0.300. The highest BCUT2D eigenvalue weighted by molar-refractivity contribution is 6.08. The van der Waals surface area contributed by atoms with Crippen molar-refractivity contribution in [2.24, 2.45) is 5.92 Å². The molecule has 0 bridgehead atoms. The fourth-order valence-electron chi connectivity index (χ4n) is 3.29. The zero-order valence-corrected chi connectivity index (χ0v) is 14.8. The van der Waals surface area contributed by atoms with E-state index in [1.807, 2.05) is 0 Å². The van der Waals surface area contributed by atoms with Gasteiger partial charge in [-0.15, -0.1) is 0 Å². The summed E-state index contributed by atoms with van der Waals surface area (Å²) in [4.78, 5) is 26.8. The number of anilines is 1. The summed E-state index contributed by atoms with van der Waals surface area (Å²) >= 11 is 0. The molecular formula is C20H20F2N2O2. The first-order valence-corrected chi connectivity index (χ1v) is 8.36. The summed E-state index contributed by atoms with van der Waals surface area (Å²) in [6.07, 6.45) is 0. The number of nitrogens with zero attached hydrogens (tertiary/aromatic N) is 1. The lowest BCUT2D eigenvalue weighted by Gasteiger charge is -2.18. The van der Waals surface area contributed by atoms with Gasteiger partial charge in [0.25, 0.3) is 0 Å². The second-order valence-electron chi connectivity index (χ2n) is 6.71. The number of likely N-dealkylation sites (N-methyl/N-ethyl adjacent to an activating group) is 1. The molecule has 0 radical (unpaired) electrons. The predicted octanol–water partition coefficient (Wildman–Crippen LogP) is 3.39. The molecule has 0 aliphatic carbocycles. The molecule has 3 rings (SSSR count). The largest absolute Gasteiger partial charge is 0.344 e. The minimum Gasteiger partial charge on any atom is -0.344 e. The number of likely N-dealkylation sites (tertiary alicyclic amines) is 1. The van der Waals surface area contributed by atoms with Crippen LogP contribution in [0.15, 0.2) is 36.4 Å². The summed E-state index contributed by atoms with van der Waals surface area (Å²) in [5.41, 5.74) is 1.73. The number of aryl methyl sites for hydroxylation is 1. The molecule has 0 saturated carbocycles. The molecular weight excluding hydrogens is 338 g/mol. The van der Waals surface area contributed by atoms with Crippen LogP contribution >= 0.6 is 0 Å². The van der Waals surface area contributed by atoms with Crippen LogP contribution in [0.25, 0.3) is 0 Å². The van der Waals surface area contributed by atoms with Crippen LogP contribution in [0.1, 0.15) is 22.6 Å². The number of nitrogens with one attached hydrogen (secondary N) is 1. The van der Waals surface area contributed by atoms with Gasteiger partial charge in [-0.05, 0) is 43.2 Å². The lowest BCUT2D eigenvalue weighted by molar-refractivity contribution is -0.135. The predicted molar refractivity (Wildman–Crippen MR) is 94.8 cm³/mol. The zero-order valence-electron chi connectivity index (χ0n) is 14.8. The van der Waals surface area contributed by atoms with Crippen molar-refractivity contribution in [3.8, 4) is 0 Å². The minimum atomic E-state index is -0.982. The zero-order chi connectivity index (χ0) is 19.0. The molecule has 1 fully saturated rings. The second kappa shape index (κ2) is 6.86. The number of halogens is 2. The van der Waals surface area contributed by atoms with Gasteiger partial charge in [-0.2, -0.15) is 0 Å². The Morgan fingerprint density at radius 2 is 1.88 bits per heavy atom. The Morgan fingerprint density at radius 1 is 1.15 bits per heavy atom. The molecule has 0 spiro atoms. The second-order valence-corrected chi connectivity index (χ2v) is 6.71. The lowest BCUT2D eigenvalue weighted by Crippen LogP contribution is -2.33. The van der Waals surface area contributed by atoms with Gasteiger partial charge in [-0.3, -0.25) is 9.59 Å². The maximum atomic E-state index is 14.0. The molecule has 4 nitrogen and oxygen atoms in total. The number of benzene rings is 2. The van der Waals surface area contributed by atoms with Crippen LogP contribution in [0.5, 0.6) is 0 Å². The van der Waals surface area contributed by atoms with Crippen LogP contribution in [0.3, 0.4) is 0 Å². The van der Waals surface area contributed by atoms with Crippen molar-refractivity contribution in [2.75, 3.05) is 18.9 Å². The van der Waals surface area contributed by atoms with Crippen LogP contribution < -0.4 is 5.32 Å². The third-order valence-electron chi connectivity index (χ3n) is 4.95. The summed E-state index contributed by atoms with van der Waals surface area (Å²) < 4.78 is 27.7. The smallest absolute Gasteiger partial charge is 0.237 e. The third-order valence-corrected chi connectivity index (χ3v) is 4.95. The highest BCUT2D eigenvalue weighted by Crippen LogP contribution is 2.35. The number of rotatable bonds is 3. The Bertz CT molecular complexity index is 882. The van der Waals surface area contributed by atoms with E-state index in [2.05, 4.69) is 5.32 Å². The van der Waals surface area contributed by atoms with E-state index in [0.717, 1.165) is 0 Å². The van der Waals surface area contributed by atoms with Crippen LogP contribution in [0, 0.1) is 31.4 Å². The van der Waals surface area contributed by atoms with Crippen molar-refractivity contribution in [2.45, 2.75) is 19.8 Å². The first-order chi connectivity index (χ1) is 12.3. The normalized spacial score (nSPS) is 19.7. The molecule has 136 valence electrons. The van der Waals surface area contributed by atoms with Gasteiger partial charge in [-0.1, -0.05) is 18.2 Å². The number of carbonyl (C=O) groups excluding carboxylic acids is 2. The average molecular weight is 358 g/mol. The molecule has 26 heavy (non-hydrogen) atoms. The van der Waals surface area contributed by atoms with Crippen molar-refractivity contribution in [1.82, 2.24) is 4.90 Å². The number of carbonyl (C=O) groups is 2. The van der Waals surface area contributed by atoms with Crippen LogP contribution in [-0.2, 0) is 9.59 Å². The van der Waals surface area contributed by atoms with E-state index in [4.69, 9.17) is 0 Å².